The number of hydrogen-bond donors (Lipinski definition) is 2. The molecule has 60 valence electrons. The molecule has 1 aromatic heterocycles. The van der Waals surface area contributed by atoms with Crippen LogP contribution >= 0.6 is 11.5 Å². The Labute approximate surface area is 68.7 Å². The topological polar surface area (TPSA) is 58.9 Å². The van der Waals surface area contributed by atoms with Crippen molar-refractivity contribution in [2.45, 2.75) is 12.5 Å². The summed E-state index contributed by atoms with van der Waals surface area (Å²) in [5, 5.41) is 0. The smallest absolute Gasteiger partial charge is 0.258 e. The molecule has 1 heterocycles. The van der Waals surface area contributed by atoms with E-state index < -0.39 is 0 Å². The third kappa shape index (κ3) is 2.03. The van der Waals surface area contributed by atoms with Gasteiger partial charge in [-0.15, -0.1) is 6.58 Å². The molecule has 0 aliphatic heterocycles. The van der Waals surface area contributed by atoms with E-state index in [4.69, 9.17) is 5.73 Å². The van der Waals surface area contributed by atoms with Crippen molar-refractivity contribution < 1.29 is 0 Å². The van der Waals surface area contributed by atoms with Gasteiger partial charge in [-0.25, -0.2) is 0 Å². The maximum absolute atomic E-state index is 10.7. The third-order valence-electron chi connectivity index (χ3n) is 1.33. The van der Waals surface area contributed by atoms with Crippen molar-refractivity contribution in [3.8, 4) is 0 Å². The minimum absolute atomic E-state index is 0.0792. The molecule has 0 fully saturated rings. The molecule has 3 N–H and O–H groups in total. The van der Waals surface area contributed by atoms with Gasteiger partial charge in [0.05, 0.1) is 0 Å². The van der Waals surface area contributed by atoms with Crippen molar-refractivity contribution in [1.82, 2.24) is 4.37 Å². The van der Waals surface area contributed by atoms with Gasteiger partial charge in [-0.2, -0.15) is 0 Å². The number of aromatic amines is 1. The molecule has 11 heavy (non-hydrogen) atoms. The van der Waals surface area contributed by atoms with Crippen molar-refractivity contribution in [3.63, 3.8) is 0 Å². The fourth-order valence-electron chi connectivity index (χ4n) is 0.776. The van der Waals surface area contributed by atoms with E-state index in [0.717, 1.165) is 4.88 Å². The van der Waals surface area contributed by atoms with Gasteiger partial charge in [-0.1, -0.05) is 17.6 Å². The lowest BCUT2D eigenvalue weighted by molar-refractivity contribution is 0.757. The predicted molar refractivity (Wildman–Crippen MR) is 46.7 cm³/mol. The quantitative estimate of drug-likeness (QED) is 0.665. The summed E-state index contributed by atoms with van der Waals surface area (Å²) in [4.78, 5) is 11.6. The average molecular weight is 170 g/mol. The molecule has 1 rings (SSSR count). The maximum Gasteiger partial charge on any atom is 0.258 e. The van der Waals surface area contributed by atoms with Crippen LogP contribution in [-0.4, -0.2) is 4.37 Å². The van der Waals surface area contributed by atoms with E-state index in [1.54, 1.807) is 6.08 Å². The summed E-state index contributed by atoms with van der Waals surface area (Å²) in [6.45, 7) is 3.57. The molecule has 1 unspecified atom stereocenters. The number of H-pyrrole nitrogens is 1. The summed E-state index contributed by atoms with van der Waals surface area (Å²) in [5.74, 6) is 0. The highest BCUT2D eigenvalue weighted by Gasteiger charge is 2.05. The number of aromatic nitrogens is 1. The van der Waals surface area contributed by atoms with Gasteiger partial charge < -0.3 is 5.73 Å². The second-order valence-corrected chi connectivity index (χ2v) is 3.13. The van der Waals surface area contributed by atoms with E-state index in [1.165, 1.54) is 17.6 Å². The van der Waals surface area contributed by atoms with Crippen molar-refractivity contribution >= 4 is 11.5 Å². The Balaban J connectivity index is 2.75. The summed E-state index contributed by atoms with van der Waals surface area (Å²) in [6.07, 6.45) is 2.45. The van der Waals surface area contributed by atoms with E-state index in [9.17, 15) is 4.79 Å². The van der Waals surface area contributed by atoms with Crippen LogP contribution in [0.1, 0.15) is 17.3 Å². The number of rotatable bonds is 3. The fourth-order valence-corrected chi connectivity index (χ4v) is 1.47. The molecule has 3 nitrogen and oxygen atoms in total. The molecule has 4 heteroatoms. The summed E-state index contributed by atoms with van der Waals surface area (Å²) >= 11 is 1.29. The van der Waals surface area contributed by atoms with Gasteiger partial charge in [0.1, 0.15) is 0 Å². The van der Waals surface area contributed by atoms with Crippen LogP contribution in [0.5, 0.6) is 0 Å². The van der Waals surface area contributed by atoms with Gasteiger partial charge in [-0.05, 0) is 6.42 Å². The number of nitrogens with two attached hydrogens (primary N) is 1. The lowest BCUT2D eigenvalue weighted by atomic mass is 10.2. The first kappa shape index (κ1) is 8.23. The standard InChI is InChI=1S/C7H10N2OS/c1-2-3-5(8)6-4-7(10)9-11-6/h2,4-5H,1,3,8H2,(H,9,10). The highest BCUT2D eigenvalue weighted by atomic mass is 32.1. The zero-order valence-electron chi connectivity index (χ0n) is 6.04. The fraction of sp³-hybridized carbons (Fsp3) is 0.286. The minimum atomic E-state index is -0.0866. The Kier molecular flexibility index (Phi) is 2.62. The summed E-state index contributed by atoms with van der Waals surface area (Å²) in [7, 11) is 0. The Morgan fingerprint density at radius 1 is 1.91 bits per heavy atom. The molecule has 0 radical (unpaired) electrons. The summed E-state index contributed by atoms with van der Waals surface area (Å²) in [6, 6.07) is 1.44. The number of hydrogen-bond acceptors (Lipinski definition) is 3. The molecule has 0 saturated heterocycles. The first-order valence-electron chi connectivity index (χ1n) is 3.29. The molecule has 0 amide bonds. The monoisotopic (exact) mass is 170 g/mol. The lowest BCUT2D eigenvalue weighted by Gasteiger charge is -2.02. The zero-order chi connectivity index (χ0) is 8.27. The third-order valence-corrected chi connectivity index (χ3v) is 2.29. The maximum atomic E-state index is 10.7. The van der Waals surface area contributed by atoms with Crippen LogP contribution in [0.25, 0.3) is 0 Å². The highest BCUT2D eigenvalue weighted by molar-refractivity contribution is 7.05. The molecule has 0 aliphatic rings. The second-order valence-electron chi connectivity index (χ2n) is 2.25. The Morgan fingerprint density at radius 3 is 3.09 bits per heavy atom. The predicted octanol–water partition coefficient (Wildman–Crippen LogP) is 1.01. The van der Waals surface area contributed by atoms with Crippen LogP contribution in [0.3, 0.4) is 0 Å². The minimum Gasteiger partial charge on any atom is -0.323 e. The van der Waals surface area contributed by atoms with Gasteiger partial charge in [0.15, 0.2) is 0 Å². The van der Waals surface area contributed by atoms with Gasteiger partial charge in [-0.3, -0.25) is 9.17 Å². The van der Waals surface area contributed by atoms with Gasteiger partial charge in [0, 0.05) is 17.0 Å². The van der Waals surface area contributed by atoms with E-state index in [1.807, 2.05) is 0 Å². The summed E-state index contributed by atoms with van der Waals surface area (Å²) < 4.78 is 2.58. The molecule has 0 bridgehead atoms. The van der Waals surface area contributed by atoms with Crippen LogP contribution in [0.2, 0.25) is 0 Å². The molecule has 0 spiro atoms. The summed E-state index contributed by atoms with van der Waals surface area (Å²) in [5.41, 5.74) is 5.62. The van der Waals surface area contributed by atoms with Crippen LogP contribution in [0, 0.1) is 0 Å². The van der Waals surface area contributed by atoms with Gasteiger partial charge in [0.2, 0.25) is 0 Å². The van der Waals surface area contributed by atoms with E-state index in [-0.39, 0.29) is 11.6 Å². The Hall–Kier alpha value is -0.870. The normalized spacial score (nSPS) is 12.8. The first-order chi connectivity index (χ1) is 5.24. The van der Waals surface area contributed by atoms with Crippen molar-refractivity contribution in [2.75, 3.05) is 0 Å². The SMILES string of the molecule is C=CCC(N)c1cc(=O)[nH]s1. The zero-order valence-corrected chi connectivity index (χ0v) is 6.86. The molecule has 0 aliphatic carbocycles. The molecule has 0 saturated carbocycles. The van der Waals surface area contributed by atoms with E-state index in [0.29, 0.717) is 6.42 Å². The first-order valence-corrected chi connectivity index (χ1v) is 4.10. The van der Waals surface area contributed by atoms with Gasteiger partial charge >= 0.3 is 0 Å². The molecular formula is C7H10N2OS. The van der Waals surface area contributed by atoms with Crippen LogP contribution in [-0.2, 0) is 0 Å². The average Bonchev–Trinajstić information content (AvgIpc) is 2.36. The van der Waals surface area contributed by atoms with Crippen molar-refractivity contribution in [2.24, 2.45) is 5.73 Å². The number of nitrogens with one attached hydrogen (secondary N) is 1. The van der Waals surface area contributed by atoms with Crippen LogP contribution in [0.4, 0.5) is 0 Å². The molecular weight excluding hydrogens is 160 g/mol. The van der Waals surface area contributed by atoms with Crippen LogP contribution in [0.15, 0.2) is 23.5 Å². The second kappa shape index (κ2) is 3.50. The van der Waals surface area contributed by atoms with Crippen LogP contribution < -0.4 is 11.3 Å². The molecule has 1 aromatic rings. The highest BCUT2D eigenvalue weighted by Crippen LogP contribution is 2.14. The largest absolute Gasteiger partial charge is 0.323 e. The van der Waals surface area contributed by atoms with Gasteiger partial charge in [0.25, 0.3) is 5.56 Å². The molecule has 0 aromatic carbocycles. The Bertz CT molecular complexity index is 289. The Morgan fingerprint density at radius 2 is 2.64 bits per heavy atom. The van der Waals surface area contributed by atoms with E-state index in [2.05, 4.69) is 11.0 Å². The van der Waals surface area contributed by atoms with E-state index >= 15 is 0 Å². The van der Waals surface area contributed by atoms with Crippen molar-refractivity contribution in [1.29, 1.82) is 0 Å². The molecule has 1 atom stereocenters. The lowest BCUT2D eigenvalue weighted by Crippen LogP contribution is -2.07. The van der Waals surface area contributed by atoms with Crippen molar-refractivity contribution in [3.05, 3.63) is 34.0 Å².